The number of hydrogen-bond acceptors (Lipinski definition) is 10. The molecular formula is C54H58O10. The monoisotopic (exact) mass is 866 g/mol. The van der Waals surface area contributed by atoms with Crippen LogP contribution in [-0.4, -0.2) is 73.6 Å². The van der Waals surface area contributed by atoms with Crippen LogP contribution in [0.5, 0.6) is 0 Å². The molecular weight excluding hydrogens is 809 g/mol. The van der Waals surface area contributed by atoms with E-state index in [0.717, 1.165) is 33.4 Å². The van der Waals surface area contributed by atoms with Crippen LogP contribution in [0, 0.1) is 0 Å². The van der Waals surface area contributed by atoms with E-state index in [-0.39, 0.29) is 26.4 Å². The Hall–Kier alpha value is -5.08. The lowest BCUT2D eigenvalue weighted by Crippen LogP contribution is -2.63. The summed E-state index contributed by atoms with van der Waals surface area (Å²) in [7, 11) is 0. The van der Waals surface area contributed by atoms with Crippen LogP contribution in [-0.2, 0) is 82.3 Å². The van der Waals surface area contributed by atoms with E-state index in [1.54, 1.807) is 0 Å². The van der Waals surface area contributed by atoms with Gasteiger partial charge in [-0.3, -0.25) is 0 Å². The summed E-state index contributed by atoms with van der Waals surface area (Å²) in [6, 6.07) is 59.8. The summed E-state index contributed by atoms with van der Waals surface area (Å²) >= 11 is 0. The van der Waals surface area contributed by atoms with Gasteiger partial charge in [-0.05, 0) is 33.4 Å². The van der Waals surface area contributed by atoms with Gasteiger partial charge in [0, 0.05) is 6.42 Å². The van der Waals surface area contributed by atoms with Crippen molar-refractivity contribution >= 4 is 0 Å². The average molecular weight is 867 g/mol. The van der Waals surface area contributed by atoms with E-state index in [1.165, 1.54) is 0 Å². The number of benzene rings is 6. The van der Waals surface area contributed by atoms with E-state index in [4.69, 9.17) is 42.6 Å². The van der Waals surface area contributed by atoms with Crippen LogP contribution in [0.25, 0.3) is 0 Å². The van der Waals surface area contributed by atoms with Gasteiger partial charge in [0.05, 0.1) is 59.0 Å². The molecule has 8 rings (SSSR count). The van der Waals surface area contributed by atoms with Gasteiger partial charge in [0.2, 0.25) is 0 Å². The third-order valence-electron chi connectivity index (χ3n) is 11.4. The molecule has 2 aliphatic heterocycles. The van der Waals surface area contributed by atoms with E-state index in [9.17, 15) is 5.11 Å². The van der Waals surface area contributed by atoms with Gasteiger partial charge in [-0.2, -0.15) is 0 Å². The summed E-state index contributed by atoms with van der Waals surface area (Å²) in [4.78, 5) is 0. The molecule has 5 unspecified atom stereocenters. The van der Waals surface area contributed by atoms with E-state index in [1.807, 2.05) is 182 Å². The first-order valence-corrected chi connectivity index (χ1v) is 22.1. The Morgan fingerprint density at radius 3 is 1.14 bits per heavy atom. The summed E-state index contributed by atoms with van der Waals surface area (Å²) in [6.07, 6.45) is -6.78. The van der Waals surface area contributed by atoms with Crippen molar-refractivity contribution in [2.24, 2.45) is 0 Å². The van der Waals surface area contributed by atoms with Gasteiger partial charge in [0.25, 0.3) is 0 Å². The van der Waals surface area contributed by atoms with Crippen molar-refractivity contribution in [1.82, 2.24) is 0 Å². The molecule has 334 valence electrons. The maximum atomic E-state index is 11.7. The molecule has 6 aromatic rings. The molecule has 0 aromatic heterocycles. The Morgan fingerprint density at radius 2 is 0.719 bits per heavy atom. The molecule has 2 heterocycles. The van der Waals surface area contributed by atoms with Gasteiger partial charge < -0.3 is 47.7 Å². The lowest BCUT2D eigenvalue weighted by Gasteiger charge is -2.47. The van der Waals surface area contributed by atoms with Crippen LogP contribution in [0.15, 0.2) is 182 Å². The predicted molar refractivity (Wildman–Crippen MR) is 241 cm³/mol. The lowest BCUT2D eigenvalue weighted by atomic mass is 9.97. The minimum atomic E-state index is -1.35. The maximum absolute atomic E-state index is 11.7. The second-order valence-corrected chi connectivity index (χ2v) is 16.1. The Labute approximate surface area is 376 Å². The zero-order valence-corrected chi connectivity index (χ0v) is 36.0. The highest BCUT2D eigenvalue weighted by Crippen LogP contribution is 2.35. The van der Waals surface area contributed by atoms with Gasteiger partial charge in [-0.1, -0.05) is 182 Å². The lowest BCUT2D eigenvalue weighted by molar-refractivity contribution is -0.352. The van der Waals surface area contributed by atoms with Crippen LogP contribution in [0.4, 0.5) is 0 Å². The van der Waals surface area contributed by atoms with Crippen molar-refractivity contribution in [2.75, 3.05) is 13.2 Å². The van der Waals surface area contributed by atoms with Crippen LogP contribution < -0.4 is 0 Å². The molecule has 64 heavy (non-hydrogen) atoms. The fourth-order valence-corrected chi connectivity index (χ4v) is 8.04. The molecule has 0 spiro atoms. The molecule has 10 nitrogen and oxygen atoms in total. The second kappa shape index (κ2) is 24.3. The smallest absolute Gasteiger partial charge is 0.184 e. The van der Waals surface area contributed by atoms with Crippen LogP contribution in [0.3, 0.4) is 0 Å². The van der Waals surface area contributed by atoms with Crippen molar-refractivity contribution in [3.05, 3.63) is 215 Å². The highest BCUT2D eigenvalue weighted by atomic mass is 16.7. The summed E-state index contributed by atoms with van der Waals surface area (Å²) in [5.41, 5.74) is 6.01. The fraction of sp³-hybridized carbons (Fsp3) is 0.333. The van der Waals surface area contributed by atoms with Gasteiger partial charge in [0.15, 0.2) is 12.6 Å². The molecule has 0 radical (unpaired) electrons. The molecule has 2 fully saturated rings. The first-order valence-electron chi connectivity index (χ1n) is 22.1. The van der Waals surface area contributed by atoms with Crippen molar-refractivity contribution in [2.45, 2.75) is 101 Å². The van der Waals surface area contributed by atoms with Gasteiger partial charge in [0.1, 0.15) is 36.6 Å². The van der Waals surface area contributed by atoms with Crippen molar-refractivity contribution in [3.63, 3.8) is 0 Å². The Balaban J connectivity index is 1.09. The first kappa shape index (κ1) is 45.5. The summed E-state index contributed by atoms with van der Waals surface area (Å²) in [5, 5.41) is 11.7. The quantitative estimate of drug-likeness (QED) is 0.0712. The molecule has 10 heteroatoms. The molecule has 0 aliphatic carbocycles. The molecule has 0 saturated carbocycles. The first-order chi connectivity index (χ1) is 31.6. The van der Waals surface area contributed by atoms with Gasteiger partial charge in [-0.25, -0.2) is 0 Å². The number of aliphatic hydroxyl groups excluding tert-OH is 1. The highest BCUT2D eigenvalue weighted by molar-refractivity contribution is 5.18. The van der Waals surface area contributed by atoms with Gasteiger partial charge >= 0.3 is 0 Å². The molecule has 2 aliphatic rings. The zero-order chi connectivity index (χ0) is 43.6. The highest BCUT2D eigenvalue weighted by Gasteiger charge is 2.51. The molecule has 0 amide bonds. The largest absolute Gasteiger partial charge is 0.374 e. The van der Waals surface area contributed by atoms with E-state index in [2.05, 4.69) is 0 Å². The predicted octanol–water partition coefficient (Wildman–Crippen LogP) is 8.98. The average Bonchev–Trinajstić information content (AvgIpc) is 3.35. The SMILES string of the molecule is O[C@H]1OC(COCc2ccccc2)[C@H](O[C@H]2CC(OCc3ccccc3)[C@H](OCc3ccccc3)C(COCc3ccccc3)O2)C(OCc2ccccc2)C1OCc1ccccc1. The number of hydrogen-bond donors (Lipinski definition) is 1. The topological polar surface area (TPSA) is 103 Å². The fourth-order valence-electron chi connectivity index (χ4n) is 8.04. The van der Waals surface area contributed by atoms with E-state index >= 15 is 0 Å². The van der Waals surface area contributed by atoms with Gasteiger partial charge in [-0.15, -0.1) is 0 Å². The van der Waals surface area contributed by atoms with E-state index in [0.29, 0.717) is 32.8 Å². The zero-order valence-electron chi connectivity index (χ0n) is 36.0. The maximum Gasteiger partial charge on any atom is 0.184 e. The third-order valence-corrected chi connectivity index (χ3v) is 11.4. The minimum Gasteiger partial charge on any atom is -0.374 e. The van der Waals surface area contributed by atoms with E-state index < -0.39 is 55.3 Å². The van der Waals surface area contributed by atoms with Crippen LogP contribution in [0.1, 0.15) is 39.8 Å². The third kappa shape index (κ3) is 13.5. The summed E-state index contributed by atoms with van der Waals surface area (Å²) in [5.74, 6) is 0. The van der Waals surface area contributed by atoms with Crippen molar-refractivity contribution < 1.29 is 47.7 Å². The van der Waals surface area contributed by atoms with Crippen LogP contribution >= 0.6 is 0 Å². The number of ether oxygens (including phenoxy) is 9. The van der Waals surface area contributed by atoms with Crippen molar-refractivity contribution in [1.29, 1.82) is 0 Å². The normalized spacial score (nSPS) is 24.6. The van der Waals surface area contributed by atoms with Crippen LogP contribution in [0.2, 0.25) is 0 Å². The minimum absolute atomic E-state index is 0.0975. The molecule has 1 N–H and O–H groups in total. The standard InChI is InChI=1S/C54H58O10/c55-54-53(61-37-45-29-17-6-18-30-45)52(60-36-44-27-15-5-16-28-44)51(48(63-54)39-57-33-41-21-9-2-10-22-41)64-49-31-46(58-34-42-23-11-3-12-24-42)50(59-35-43-25-13-4-14-26-43)47(62-49)38-56-32-40-19-7-1-8-20-40/h1-30,46-55H,31-39H2/t46?,47?,48?,49-,50-,51-,52?,53?,54-/m0/s1. The molecule has 9 atom stereocenters. The molecule has 6 aromatic carbocycles. The number of rotatable bonds is 22. The number of aliphatic hydroxyl groups is 1. The molecule has 2 saturated heterocycles. The second-order valence-electron chi connectivity index (χ2n) is 16.1. The van der Waals surface area contributed by atoms with Crippen molar-refractivity contribution in [3.8, 4) is 0 Å². The Kier molecular flexibility index (Phi) is 17.3. The summed E-state index contributed by atoms with van der Waals surface area (Å²) in [6.45, 7) is 2.19. The Morgan fingerprint density at radius 1 is 0.375 bits per heavy atom. The molecule has 0 bridgehead atoms. The summed E-state index contributed by atoms with van der Waals surface area (Å²) < 4.78 is 60.0. The Bertz CT molecular complexity index is 2170.